The Bertz CT molecular complexity index is 511. The molecule has 19 heavy (non-hydrogen) atoms. The minimum Gasteiger partial charge on any atom is -0.496 e. The second-order valence-electron chi connectivity index (χ2n) is 4.29. The van der Waals surface area contributed by atoms with Gasteiger partial charge in [0.05, 0.1) is 7.11 Å². The fourth-order valence-corrected chi connectivity index (χ4v) is 1.92. The standard InChI is InChI=1S/C16H19NO2/c1-18-16-11-15(8-7-14(16)9-10-17)19-12-13-5-3-2-4-6-13/h2-8,11H,9-10,12,17H2,1H3. The van der Waals surface area contributed by atoms with E-state index < -0.39 is 0 Å². The SMILES string of the molecule is COc1cc(OCc2ccccc2)ccc1CCN. The third kappa shape index (κ3) is 3.73. The molecule has 0 fully saturated rings. The quantitative estimate of drug-likeness (QED) is 0.865. The summed E-state index contributed by atoms with van der Waals surface area (Å²) in [5.74, 6) is 1.64. The Morgan fingerprint density at radius 1 is 1.05 bits per heavy atom. The Balaban J connectivity index is 2.05. The lowest BCUT2D eigenvalue weighted by molar-refractivity contribution is 0.303. The first-order chi connectivity index (χ1) is 9.33. The smallest absolute Gasteiger partial charge is 0.125 e. The van der Waals surface area contributed by atoms with Crippen LogP contribution in [0.25, 0.3) is 0 Å². The molecule has 0 atom stereocenters. The fraction of sp³-hybridized carbons (Fsp3) is 0.250. The Morgan fingerprint density at radius 3 is 2.53 bits per heavy atom. The lowest BCUT2D eigenvalue weighted by Crippen LogP contribution is -2.04. The van der Waals surface area contributed by atoms with Crippen LogP contribution in [0.15, 0.2) is 48.5 Å². The minimum absolute atomic E-state index is 0.556. The molecule has 0 saturated carbocycles. The molecule has 0 aromatic heterocycles. The molecule has 0 amide bonds. The highest BCUT2D eigenvalue weighted by Crippen LogP contribution is 2.25. The van der Waals surface area contributed by atoms with Gasteiger partial charge in [-0.3, -0.25) is 0 Å². The van der Waals surface area contributed by atoms with Crippen molar-refractivity contribution in [3.63, 3.8) is 0 Å². The third-order valence-electron chi connectivity index (χ3n) is 2.92. The van der Waals surface area contributed by atoms with Crippen molar-refractivity contribution in [1.82, 2.24) is 0 Å². The average molecular weight is 257 g/mol. The second-order valence-corrected chi connectivity index (χ2v) is 4.29. The number of hydrogen-bond donors (Lipinski definition) is 1. The zero-order valence-electron chi connectivity index (χ0n) is 11.1. The summed E-state index contributed by atoms with van der Waals surface area (Å²) in [5, 5.41) is 0. The van der Waals surface area contributed by atoms with Gasteiger partial charge in [0, 0.05) is 6.07 Å². The van der Waals surface area contributed by atoms with Crippen LogP contribution in [0.3, 0.4) is 0 Å². The predicted octanol–water partition coefficient (Wildman–Crippen LogP) is 2.78. The number of methoxy groups -OCH3 is 1. The first-order valence-corrected chi connectivity index (χ1v) is 6.37. The van der Waals surface area contributed by atoms with Crippen molar-refractivity contribution in [3.05, 3.63) is 59.7 Å². The zero-order chi connectivity index (χ0) is 13.5. The number of benzene rings is 2. The summed E-state index contributed by atoms with van der Waals surface area (Å²) in [4.78, 5) is 0. The van der Waals surface area contributed by atoms with Gasteiger partial charge in [-0.25, -0.2) is 0 Å². The normalized spacial score (nSPS) is 10.2. The number of hydrogen-bond acceptors (Lipinski definition) is 3. The van der Waals surface area contributed by atoms with Gasteiger partial charge in [0.25, 0.3) is 0 Å². The van der Waals surface area contributed by atoms with Gasteiger partial charge in [-0.1, -0.05) is 36.4 Å². The number of nitrogens with two attached hydrogens (primary N) is 1. The molecular formula is C16H19NO2. The highest BCUT2D eigenvalue weighted by Gasteiger charge is 2.04. The zero-order valence-corrected chi connectivity index (χ0v) is 11.1. The summed E-state index contributed by atoms with van der Waals surface area (Å²) in [7, 11) is 1.66. The Kier molecular flexibility index (Phi) is 4.81. The molecule has 0 unspecified atom stereocenters. The summed E-state index contributed by atoms with van der Waals surface area (Å²) in [6.07, 6.45) is 0.808. The molecule has 0 heterocycles. The highest BCUT2D eigenvalue weighted by atomic mass is 16.5. The van der Waals surface area contributed by atoms with E-state index in [0.717, 1.165) is 29.0 Å². The summed E-state index contributed by atoms with van der Waals surface area (Å²) < 4.78 is 11.1. The summed E-state index contributed by atoms with van der Waals surface area (Å²) in [5.41, 5.74) is 7.82. The van der Waals surface area contributed by atoms with Gasteiger partial charge in [-0.05, 0) is 30.2 Å². The van der Waals surface area contributed by atoms with Crippen LogP contribution in [0, 0.1) is 0 Å². The van der Waals surface area contributed by atoms with Gasteiger partial charge < -0.3 is 15.2 Å². The molecule has 0 aliphatic carbocycles. The molecule has 2 rings (SSSR count). The molecule has 0 bridgehead atoms. The highest BCUT2D eigenvalue weighted by molar-refractivity contribution is 5.41. The average Bonchev–Trinajstić information content (AvgIpc) is 2.47. The van der Waals surface area contributed by atoms with Crippen molar-refractivity contribution >= 4 is 0 Å². The Hall–Kier alpha value is -2.00. The molecule has 2 aromatic rings. The van der Waals surface area contributed by atoms with Crippen molar-refractivity contribution in [2.45, 2.75) is 13.0 Å². The van der Waals surface area contributed by atoms with E-state index in [1.54, 1.807) is 7.11 Å². The largest absolute Gasteiger partial charge is 0.496 e. The minimum atomic E-state index is 0.556. The first-order valence-electron chi connectivity index (χ1n) is 6.37. The molecule has 0 aliphatic heterocycles. The molecule has 0 aliphatic rings. The summed E-state index contributed by atoms with van der Waals surface area (Å²) in [6, 6.07) is 16.0. The van der Waals surface area contributed by atoms with Crippen LogP contribution in [0.2, 0.25) is 0 Å². The Labute approximate surface area is 114 Å². The van der Waals surface area contributed by atoms with Crippen molar-refractivity contribution in [3.8, 4) is 11.5 Å². The lowest BCUT2D eigenvalue weighted by atomic mass is 10.1. The van der Waals surface area contributed by atoms with Crippen molar-refractivity contribution in [2.24, 2.45) is 5.73 Å². The molecule has 3 heteroatoms. The van der Waals surface area contributed by atoms with Gasteiger partial charge >= 0.3 is 0 Å². The molecule has 2 aromatic carbocycles. The van der Waals surface area contributed by atoms with Crippen LogP contribution < -0.4 is 15.2 Å². The molecule has 0 radical (unpaired) electrons. The van der Waals surface area contributed by atoms with Crippen LogP contribution in [0.4, 0.5) is 0 Å². The van der Waals surface area contributed by atoms with E-state index in [1.165, 1.54) is 0 Å². The maximum atomic E-state index is 5.76. The van der Waals surface area contributed by atoms with Crippen LogP contribution in [0.1, 0.15) is 11.1 Å². The first kappa shape index (κ1) is 13.4. The van der Waals surface area contributed by atoms with Gasteiger partial charge in [-0.15, -0.1) is 0 Å². The van der Waals surface area contributed by atoms with Crippen molar-refractivity contribution in [2.75, 3.05) is 13.7 Å². The van der Waals surface area contributed by atoms with Gasteiger partial charge in [0.15, 0.2) is 0 Å². The van der Waals surface area contributed by atoms with E-state index in [9.17, 15) is 0 Å². The topological polar surface area (TPSA) is 44.5 Å². The van der Waals surface area contributed by atoms with E-state index in [-0.39, 0.29) is 0 Å². The molecule has 3 nitrogen and oxygen atoms in total. The fourth-order valence-electron chi connectivity index (χ4n) is 1.92. The third-order valence-corrected chi connectivity index (χ3v) is 2.92. The maximum absolute atomic E-state index is 5.76. The van der Waals surface area contributed by atoms with Gasteiger partial charge in [-0.2, -0.15) is 0 Å². The second kappa shape index (κ2) is 6.81. The molecule has 0 spiro atoms. The predicted molar refractivity (Wildman–Crippen MR) is 76.5 cm³/mol. The molecular weight excluding hydrogens is 238 g/mol. The van der Waals surface area contributed by atoms with E-state index >= 15 is 0 Å². The molecule has 100 valence electrons. The maximum Gasteiger partial charge on any atom is 0.125 e. The van der Waals surface area contributed by atoms with Crippen LogP contribution in [0.5, 0.6) is 11.5 Å². The van der Waals surface area contributed by atoms with Crippen molar-refractivity contribution < 1.29 is 9.47 Å². The monoisotopic (exact) mass is 257 g/mol. The van der Waals surface area contributed by atoms with Crippen LogP contribution in [-0.2, 0) is 13.0 Å². The van der Waals surface area contributed by atoms with Gasteiger partial charge in [0.2, 0.25) is 0 Å². The van der Waals surface area contributed by atoms with E-state index in [1.807, 2.05) is 48.5 Å². The number of ether oxygens (including phenoxy) is 2. The molecule has 2 N–H and O–H groups in total. The van der Waals surface area contributed by atoms with Crippen LogP contribution >= 0.6 is 0 Å². The molecule has 0 saturated heterocycles. The van der Waals surface area contributed by atoms with E-state index in [0.29, 0.717) is 13.2 Å². The number of rotatable bonds is 6. The van der Waals surface area contributed by atoms with Crippen LogP contribution in [-0.4, -0.2) is 13.7 Å². The van der Waals surface area contributed by atoms with E-state index in [2.05, 4.69) is 0 Å². The van der Waals surface area contributed by atoms with E-state index in [4.69, 9.17) is 15.2 Å². The summed E-state index contributed by atoms with van der Waals surface area (Å²) >= 11 is 0. The van der Waals surface area contributed by atoms with Gasteiger partial charge in [0.1, 0.15) is 18.1 Å². The lowest BCUT2D eigenvalue weighted by Gasteiger charge is -2.11. The Morgan fingerprint density at radius 2 is 1.84 bits per heavy atom. The summed E-state index contributed by atoms with van der Waals surface area (Å²) in [6.45, 7) is 1.17. The van der Waals surface area contributed by atoms with Crippen molar-refractivity contribution in [1.29, 1.82) is 0 Å².